The molecule has 0 fully saturated rings. The van der Waals surface area contributed by atoms with Crippen molar-refractivity contribution in [2.24, 2.45) is 0 Å². The van der Waals surface area contributed by atoms with Crippen LogP contribution in [-0.4, -0.2) is 28.5 Å². The summed E-state index contributed by atoms with van der Waals surface area (Å²) in [6, 6.07) is 7.70. The highest BCUT2D eigenvalue weighted by atomic mass is 35.5. The maximum Gasteiger partial charge on any atom is 0.262 e. The van der Waals surface area contributed by atoms with E-state index in [-0.39, 0.29) is 5.56 Å². The average Bonchev–Trinajstić information content (AvgIpc) is 2.97. The Morgan fingerprint density at radius 2 is 2.00 bits per heavy atom. The van der Waals surface area contributed by atoms with Gasteiger partial charge in [0.15, 0.2) is 0 Å². The van der Waals surface area contributed by atoms with E-state index in [1.165, 1.54) is 16.9 Å². The second kappa shape index (κ2) is 7.14. The van der Waals surface area contributed by atoms with Gasteiger partial charge in [-0.1, -0.05) is 29.8 Å². The second-order valence-corrected chi connectivity index (χ2v) is 8.63. The molecule has 3 aromatic rings. The summed E-state index contributed by atoms with van der Waals surface area (Å²) in [6.07, 6.45) is 4.43. The van der Waals surface area contributed by atoms with Crippen LogP contribution in [0.1, 0.15) is 34.7 Å². The van der Waals surface area contributed by atoms with Crippen LogP contribution in [0.15, 0.2) is 29.1 Å². The van der Waals surface area contributed by atoms with Crippen molar-refractivity contribution < 1.29 is 0 Å². The van der Waals surface area contributed by atoms with Gasteiger partial charge in [-0.15, -0.1) is 11.3 Å². The van der Waals surface area contributed by atoms with E-state index < -0.39 is 0 Å². The fraction of sp³-hybridized carbons (Fsp3) is 0.400. The first kappa shape index (κ1) is 17.7. The summed E-state index contributed by atoms with van der Waals surface area (Å²) in [4.78, 5) is 22.6. The lowest BCUT2D eigenvalue weighted by molar-refractivity contribution is 0.379. The van der Waals surface area contributed by atoms with Gasteiger partial charge in [0.2, 0.25) is 0 Å². The zero-order valence-electron chi connectivity index (χ0n) is 15.1. The Morgan fingerprint density at radius 1 is 1.23 bits per heavy atom. The summed E-state index contributed by atoms with van der Waals surface area (Å²) >= 11 is 8.06. The van der Waals surface area contributed by atoms with E-state index in [4.69, 9.17) is 16.6 Å². The van der Waals surface area contributed by atoms with E-state index in [1.807, 2.05) is 47.8 Å². The maximum absolute atomic E-state index is 13.4. The minimum Gasteiger partial charge on any atom is -0.302 e. The van der Waals surface area contributed by atoms with Gasteiger partial charge in [0, 0.05) is 9.90 Å². The highest BCUT2D eigenvalue weighted by Gasteiger charge is 2.22. The van der Waals surface area contributed by atoms with Crippen molar-refractivity contribution in [1.82, 2.24) is 14.5 Å². The zero-order valence-corrected chi connectivity index (χ0v) is 16.7. The van der Waals surface area contributed by atoms with E-state index in [0.717, 1.165) is 40.9 Å². The van der Waals surface area contributed by atoms with E-state index in [1.54, 1.807) is 11.3 Å². The summed E-state index contributed by atoms with van der Waals surface area (Å²) in [5, 5.41) is 1.52. The van der Waals surface area contributed by atoms with Gasteiger partial charge in [-0.25, -0.2) is 4.98 Å². The number of halogens is 1. The zero-order chi connectivity index (χ0) is 18.3. The number of hydrogen-bond donors (Lipinski definition) is 0. The topological polar surface area (TPSA) is 38.1 Å². The molecule has 1 aliphatic rings. The van der Waals surface area contributed by atoms with Crippen molar-refractivity contribution in [3.05, 3.63) is 61.5 Å². The molecule has 2 aromatic heterocycles. The monoisotopic (exact) mass is 387 g/mol. The van der Waals surface area contributed by atoms with E-state index in [0.29, 0.717) is 18.1 Å². The van der Waals surface area contributed by atoms with E-state index in [9.17, 15) is 4.79 Å². The molecule has 0 atom stereocenters. The quantitative estimate of drug-likeness (QED) is 0.676. The Kier molecular flexibility index (Phi) is 4.86. The van der Waals surface area contributed by atoms with Gasteiger partial charge in [-0.2, -0.15) is 0 Å². The number of nitrogens with zero attached hydrogens (tertiary/aromatic N) is 3. The summed E-state index contributed by atoms with van der Waals surface area (Å²) in [6.45, 7) is 1.08. The molecular formula is C20H22ClN3OS. The Balaban J connectivity index is 1.92. The van der Waals surface area contributed by atoms with Crippen LogP contribution in [0.25, 0.3) is 10.2 Å². The third-order valence-electron chi connectivity index (χ3n) is 4.90. The first-order valence-corrected chi connectivity index (χ1v) is 10.2. The predicted octanol–water partition coefficient (Wildman–Crippen LogP) is 4.10. The molecule has 4 rings (SSSR count). The van der Waals surface area contributed by atoms with Gasteiger partial charge in [-0.3, -0.25) is 9.36 Å². The third kappa shape index (κ3) is 3.20. The lowest BCUT2D eigenvalue weighted by Crippen LogP contribution is -2.29. The highest BCUT2D eigenvalue weighted by Crippen LogP contribution is 2.34. The minimum absolute atomic E-state index is 0.0752. The fourth-order valence-electron chi connectivity index (χ4n) is 3.64. The number of aryl methyl sites for hydroxylation is 2. The van der Waals surface area contributed by atoms with Crippen molar-refractivity contribution >= 4 is 33.2 Å². The molecule has 0 amide bonds. The molecule has 0 N–H and O–H groups in total. The average molecular weight is 388 g/mol. The maximum atomic E-state index is 13.4. The molecule has 0 unspecified atom stereocenters. The van der Waals surface area contributed by atoms with Crippen LogP contribution >= 0.6 is 22.9 Å². The van der Waals surface area contributed by atoms with Crippen LogP contribution in [0, 0.1) is 0 Å². The molecule has 0 radical (unpaired) electrons. The van der Waals surface area contributed by atoms with Crippen molar-refractivity contribution in [3.63, 3.8) is 0 Å². The summed E-state index contributed by atoms with van der Waals surface area (Å²) in [5.41, 5.74) is 2.26. The van der Waals surface area contributed by atoms with Crippen LogP contribution in [-0.2, 0) is 25.9 Å². The Labute approximate surface area is 162 Å². The van der Waals surface area contributed by atoms with Gasteiger partial charge in [-0.05, 0) is 57.0 Å². The van der Waals surface area contributed by atoms with Crippen LogP contribution < -0.4 is 5.56 Å². The largest absolute Gasteiger partial charge is 0.302 e. The lowest BCUT2D eigenvalue weighted by Gasteiger charge is -2.17. The van der Waals surface area contributed by atoms with Crippen molar-refractivity contribution in [3.8, 4) is 0 Å². The van der Waals surface area contributed by atoms with Crippen LogP contribution in [0.3, 0.4) is 0 Å². The molecule has 4 nitrogen and oxygen atoms in total. The molecule has 0 aliphatic heterocycles. The first-order valence-electron chi connectivity index (χ1n) is 8.96. The molecule has 1 aromatic carbocycles. The number of aromatic nitrogens is 2. The van der Waals surface area contributed by atoms with Crippen molar-refractivity contribution in [1.29, 1.82) is 0 Å². The molecule has 0 bridgehead atoms. The SMILES string of the molecule is CN(C)Cc1nc2sc3c(c2c(=O)n1Cc1ccccc1Cl)CCCC3. The number of rotatable bonds is 4. The lowest BCUT2D eigenvalue weighted by atomic mass is 9.97. The van der Waals surface area contributed by atoms with Gasteiger partial charge < -0.3 is 4.90 Å². The number of thiophene rings is 1. The second-order valence-electron chi connectivity index (χ2n) is 7.14. The summed E-state index contributed by atoms with van der Waals surface area (Å²) < 4.78 is 1.81. The Bertz CT molecular complexity index is 1020. The van der Waals surface area contributed by atoms with Crippen molar-refractivity contribution in [2.75, 3.05) is 14.1 Å². The summed E-state index contributed by atoms with van der Waals surface area (Å²) in [5.74, 6) is 0.797. The number of hydrogen-bond acceptors (Lipinski definition) is 4. The van der Waals surface area contributed by atoms with Gasteiger partial charge >= 0.3 is 0 Å². The minimum atomic E-state index is 0.0752. The van der Waals surface area contributed by atoms with E-state index in [2.05, 4.69) is 0 Å². The molecule has 1 aliphatic carbocycles. The van der Waals surface area contributed by atoms with Gasteiger partial charge in [0.25, 0.3) is 5.56 Å². The third-order valence-corrected chi connectivity index (χ3v) is 6.45. The highest BCUT2D eigenvalue weighted by molar-refractivity contribution is 7.18. The van der Waals surface area contributed by atoms with Gasteiger partial charge in [0.1, 0.15) is 10.7 Å². The van der Waals surface area contributed by atoms with Crippen LogP contribution in [0.4, 0.5) is 0 Å². The molecular weight excluding hydrogens is 366 g/mol. The molecule has 0 saturated heterocycles. The number of fused-ring (bicyclic) bond motifs is 3. The van der Waals surface area contributed by atoms with E-state index >= 15 is 0 Å². The molecule has 6 heteroatoms. The fourth-order valence-corrected chi connectivity index (χ4v) is 5.11. The molecule has 0 spiro atoms. The molecule has 26 heavy (non-hydrogen) atoms. The predicted molar refractivity (Wildman–Crippen MR) is 108 cm³/mol. The van der Waals surface area contributed by atoms with Crippen molar-refractivity contribution in [2.45, 2.75) is 38.8 Å². The Morgan fingerprint density at radius 3 is 2.77 bits per heavy atom. The summed E-state index contributed by atoms with van der Waals surface area (Å²) in [7, 11) is 3.99. The normalized spacial score (nSPS) is 14.2. The molecule has 136 valence electrons. The van der Waals surface area contributed by atoms with Crippen LogP contribution in [0.2, 0.25) is 5.02 Å². The number of benzene rings is 1. The smallest absolute Gasteiger partial charge is 0.262 e. The molecule has 0 saturated carbocycles. The van der Waals surface area contributed by atoms with Gasteiger partial charge in [0.05, 0.1) is 18.5 Å². The molecule has 2 heterocycles. The Hall–Kier alpha value is -1.69. The first-order chi connectivity index (χ1) is 12.5. The standard InChI is InChI=1S/C20H22ClN3OS/c1-23(2)12-17-22-19-18(14-8-4-6-10-16(14)26-19)20(25)24(17)11-13-7-3-5-9-15(13)21/h3,5,7,9H,4,6,8,10-12H2,1-2H3. The van der Waals surface area contributed by atoms with Crippen LogP contribution in [0.5, 0.6) is 0 Å².